The van der Waals surface area contributed by atoms with Gasteiger partial charge in [-0.05, 0) is 12.1 Å². The molecule has 0 radical (unpaired) electrons. The molecule has 4 nitrogen and oxygen atoms in total. The van der Waals surface area contributed by atoms with Crippen molar-refractivity contribution in [1.82, 2.24) is 4.73 Å². The van der Waals surface area contributed by atoms with Crippen LogP contribution in [0.5, 0.6) is 0 Å². The molecule has 0 saturated heterocycles. The maximum absolute atomic E-state index is 10.1. The second kappa shape index (κ2) is 3.02. The summed E-state index contributed by atoms with van der Waals surface area (Å²) in [5.41, 5.74) is 0.660. The van der Waals surface area contributed by atoms with E-state index in [2.05, 4.69) is 4.99 Å². The third-order valence-corrected chi connectivity index (χ3v) is 2.67. The normalized spacial score (nSPS) is 12.2. The number of fused-ring (bicyclic) bond motifs is 1. The van der Waals surface area contributed by atoms with Crippen LogP contribution in [0.25, 0.3) is 10.2 Å². The number of amides is 1. The van der Waals surface area contributed by atoms with Crippen LogP contribution in [0, 0.1) is 0 Å². The van der Waals surface area contributed by atoms with Gasteiger partial charge in [-0.1, -0.05) is 23.5 Å². The van der Waals surface area contributed by atoms with Crippen LogP contribution in [0.15, 0.2) is 29.3 Å². The van der Waals surface area contributed by atoms with Crippen molar-refractivity contribution in [2.45, 2.75) is 0 Å². The molecule has 0 spiro atoms. The van der Waals surface area contributed by atoms with Gasteiger partial charge < -0.3 is 5.21 Å². The Morgan fingerprint density at radius 3 is 2.92 bits per heavy atom. The zero-order valence-corrected chi connectivity index (χ0v) is 7.36. The second-order valence-corrected chi connectivity index (χ2v) is 3.41. The van der Waals surface area contributed by atoms with Gasteiger partial charge in [0.2, 0.25) is 11.2 Å². The number of rotatable bonds is 1. The van der Waals surface area contributed by atoms with E-state index in [1.165, 1.54) is 11.3 Å². The fraction of sp³-hybridized carbons (Fsp3) is 0. The average molecular weight is 194 g/mol. The smallest absolute Gasteiger partial charge is 0.235 e. The van der Waals surface area contributed by atoms with Gasteiger partial charge in [-0.25, -0.2) is 0 Å². The van der Waals surface area contributed by atoms with E-state index in [0.717, 1.165) is 9.43 Å². The van der Waals surface area contributed by atoms with Gasteiger partial charge in [0, 0.05) is 0 Å². The summed E-state index contributed by atoms with van der Waals surface area (Å²) >= 11 is 1.26. The monoisotopic (exact) mass is 194 g/mol. The van der Waals surface area contributed by atoms with Crippen molar-refractivity contribution in [2.24, 2.45) is 4.99 Å². The van der Waals surface area contributed by atoms with Crippen molar-refractivity contribution in [3.05, 3.63) is 29.1 Å². The maximum atomic E-state index is 10.1. The molecule has 0 bridgehead atoms. The number of thiazole rings is 1. The van der Waals surface area contributed by atoms with Crippen molar-refractivity contribution in [3.8, 4) is 0 Å². The summed E-state index contributed by atoms with van der Waals surface area (Å²) in [4.78, 5) is 13.9. The Balaban J connectivity index is 2.89. The third kappa shape index (κ3) is 1.23. The Morgan fingerprint density at radius 1 is 1.46 bits per heavy atom. The van der Waals surface area contributed by atoms with Crippen LogP contribution in [0.3, 0.4) is 0 Å². The van der Waals surface area contributed by atoms with Crippen LogP contribution >= 0.6 is 11.3 Å². The fourth-order valence-corrected chi connectivity index (χ4v) is 1.97. The third-order valence-electron chi connectivity index (χ3n) is 1.64. The second-order valence-electron chi connectivity index (χ2n) is 2.40. The number of para-hydroxylation sites is 1. The highest BCUT2D eigenvalue weighted by atomic mass is 32.1. The molecular formula is C8H6N2O2S. The zero-order valence-electron chi connectivity index (χ0n) is 6.54. The zero-order chi connectivity index (χ0) is 9.26. The fourth-order valence-electron chi connectivity index (χ4n) is 1.09. The lowest BCUT2D eigenvalue weighted by Gasteiger charge is -1.90. The highest BCUT2D eigenvalue weighted by Crippen LogP contribution is 2.14. The molecular weight excluding hydrogens is 188 g/mol. The predicted molar refractivity (Wildman–Crippen MR) is 48.6 cm³/mol. The molecule has 0 aliphatic heterocycles. The first kappa shape index (κ1) is 8.00. The number of carbonyl (C=O) groups is 1. The van der Waals surface area contributed by atoms with Crippen LogP contribution in [0.4, 0.5) is 0 Å². The average Bonchev–Trinajstić information content (AvgIpc) is 2.46. The van der Waals surface area contributed by atoms with Crippen molar-refractivity contribution in [2.75, 3.05) is 0 Å². The van der Waals surface area contributed by atoms with Gasteiger partial charge in [0.1, 0.15) is 5.52 Å². The molecule has 13 heavy (non-hydrogen) atoms. The summed E-state index contributed by atoms with van der Waals surface area (Å²) in [6.07, 6.45) is 0.414. The molecule has 5 heteroatoms. The molecule has 0 atom stereocenters. The van der Waals surface area contributed by atoms with E-state index in [0.29, 0.717) is 11.9 Å². The molecule has 2 aromatic rings. The lowest BCUT2D eigenvalue weighted by atomic mass is 10.3. The Morgan fingerprint density at radius 2 is 2.23 bits per heavy atom. The molecule has 0 aliphatic rings. The standard InChI is InChI=1S/C8H6N2O2S/c11-5-9-8-10(12)6-3-1-2-4-7(6)13-8/h1-5,12H. The van der Waals surface area contributed by atoms with Gasteiger partial charge >= 0.3 is 0 Å². The maximum Gasteiger partial charge on any atom is 0.235 e. The van der Waals surface area contributed by atoms with Gasteiger partial charge in [0.05, 0.1) is 4.70 Å². The van der Waals surface area contributed by atoms with Gasteiger partial charge in [-0.2, -0.15) is 9.72 Å². The van der Waals surface area contributed by atoms with Crippen molar-refractivity contribution < 1.29 is 10.0 Å². The SMILES string of the molecule is O=CN=c1sc2ccccc2n1O. The number of benzene rings is 1. The summed E-state index contributed by atoms with van der Waals surface area (Å²) < 4.78 is 1.81. The van der Waals surface area contributed by atoms with Crippen LogP contribution in [0.2, 0.25) is 0 Å². The van der Waals surface area contributed by atoms with Crippen molar-refractivity contribution in [3.63, 3.8) is 0 Å². The number of hydrogen-bond donors (Lipinski definition) is 1. The van der Waals surface area contributed by atoms with E-state index in [1.54, 1.807) is 6.07 Å². The molecule has 66 valence electrons. The molecule has 2 rings (SSSR count). The van der Waals surface area contributed by atoms with Gasteiger partial charge in [0.15, 0.2) is 0 Å². The Kier molecular flexibility index (Phi) is 1.86. The summed E-state index contributed by atoms with van der Waals surface area (Å²) in [7, 11) is 0. The molecule has 0 saturated carbocycles. The van der Waals surface area contributed by atoms with Crippen LogP contribution in [-0.2, 0) is 4.79 Å². The van der Waals surface area contributed by atoms with Crippen LogP contribution < -0.4 is 4.80 Å². The summed E-state index contributed by atoms with van der Waals surface area (Å²) in [6.45, 7) is 0. The lowest BCUT2D eigenvalue weighted by Crippen LogP contribution is -2.10. The molecule has 1 aromatic heterocycles. The minimum atomic E-state index is 0.288. The summed E-state index contributed by atoms with van der Waals surface area (Å²) in [5.74, 6) is 0. The van der Waals surface area contributed by atoms with E-state index in [4.69, 9.17) is 0 Å². The van der Waals surface area contributed by atoms with Gasteiger partial charge in [-0.15, -0.1) is 0 Å². The first-order chi connectivity index (χ1) is 6.33. The quantitative estimate of drug-likeness (QED) is 0.543. The van der Waals surface area contributed by atoms with Gasteiger partial charge in [0.25, 0.3) is 0 Å². The highest BCUT2D eigenvalue weighted by Gasteiger charge is 2.01. The molecule has 0 unspecified atom stereocenters. The predicted octanol–water partition coefficient (Wildman–Crippen LogP) is 0.997. The number of aromatic nitrogens is 1. The number of nitrogens with zero attached hydrogens (tertiary/aromatic N) is 2. The Bertz CT molecular complexity index is 512. The van der Waals surface area contributed by atoms with Crippen LogP contribution in [-0.4, -0.2) is 16.3 Å². The van der Waals surface area contributed by atoms with Crippen molar-refractivity contribution >= 4 is 28.0 Å². The summed E-state index contributed by atoms with van der Waals surface area (Å²) in [5, 5.41) is 9.50. The van der Waals surface area contributed by atoms with E-state index < -0.39 is 0 Å². The van der Waals surface area contributed by atoms with E-state index >= 15 is 0 Å². The van der Waals surface area contributed by atoms with E-state index in [1.807, 2.05) is 18.2 Å². The van der Waals surface area contributed by atoms with E-state index in [-0.39, 0.29) is 4.80 Å². The Hall–Kier alpha value is -1.62. The van der Waals surface area contributed by atoms with Crippen LogP contribution in [0.1, 0.15) is 0 Å². The number of hydrogen-bond acceptors (Lipinski definition) is 3. The number of carbonyl (C=O) groups excluding carboxylic acids is 1. The molecule has 1 amide bonds. The minimum absolute atomic E-state index is 0.288. The molecule has 1 N–H and O–H groups in total. The molecule has 0 aliphatic carbocycles. The van der Waals surface area contributed by atoms with Gasteiger partial charge in [-0.3, -0.25) is 4.79 Å². The molecule has 1 heterocycles. The largest absolute Gasteiger partial charge is 0.425 e. The minimum Gasteiger partial charge on any atom is -0.425 e. The van der Waals surface area contributed by atoms with E-state index in [9.17, 15) is 10.0 Å². The molecule has 0 fully saturated rings. The first-order valence-corrected chi connectivity index (χ1v) is 4.42. The lowest BCUT2D eigenvalue weighted by molar-refractivity contribution is -0.107. The Labute approximate surface area is 77.4 Å². The van der Waals surface area contributed by atoms with Crippen molar-refractivity contribution in [1.29, 1.82) is 0 Å². The molecule has 1 aromatic carbocycles. The first-order valence-electron chi connectivity index (χ1n) is 3.60. The topological polar surface area (TPSA) is 54.6 Å². The summed E-state index contributed by atoms with van der Waals surface area (Å²) in [6, 6.07) is 7.29. The highest BCUT2D eigenvalue weighted by molar-refractivity contribution is 7.16.